The van der Waals surface area contributed by atoms with Gasteiger partial charge in [0.2, 0.25) is 5.91 Å². The van der Waals surface area contributed by atoms with Crippen LogP contribution in [0.25, 0.3) is 0 Å². The van der Waals surface area contributed by atoms with Gasteiger partial charge in [-0.3, -0.25) is 4.79 Å². The third-order valence-electron chi connectivity index (χ3n) is 4.24. The minimum atomic E-state index is -0.0146. The number of anilines is 1. The summed E-state index contributed by atoms with van der Waals surface area (Å²) in [4.78, 5) is 12.2. The third-order valence-corrected chi connectivity index (χ3v) is 4.57. The van der Waals surface area contributed by atoms with E-state index in [2.05, 4.69) is 10.5 Å². The van der Waals surface area contributed by atoms with Crippen molar-refractivity contribution in [3.63, 3.8) is 0 Å². The first-order chi connectivity index (χ1) is 9.58. The maximum absolute atomic E-state index is 12.2. The Bertz CT molecular complexity index is 578. The number of carbonyl (C=O) groups excluding carboxylic acids is 1. The number of hydrogen-bond donors (Lipinski definition) is 3. The Kier molecular flexibility index (Phi) is 3.30. The van der Waals surface area contributed by atoms with E-state index in [4.69, 9.17) is 22.5 Å². The third kappa shape index (κ3) is 2.45. The van der Waals surface area contributed by atoms with Crippen LogP contribution in [0.1, 0.15) is 24.8 Å². The summed E-state index contributed by atoms with van der Waals surface area (Å²) in [5.74, 6) is 1.59. The predicted octanol–water partition coefficient (Wildman–Crippen LogP) is 2.42. The molecule has 0 aliphatic heterocycles. The second-order valence-electron chi connectivity index (χ2n) is 5.59. The lowest BCUT2D eigenvalue weighted by atomic mass is 10.0. The molecule has 2 unspecified atom stereocenters. The predicted molar refractivity (Wildman–Crippen MR) is 76.9 cm³/mol. The maximum Gasteiger partial charge on any atom is 0.227 e. The lowest BCUT2D eigenvalue weighted by Crippen LogP contribution is -2.22. The van der Waals surface area contributed by atoms with Gasteiger partial charge in [0.25, 0.3) is 0 Å². The molecule has 0 radical (unpaired) electrons. The van der Waals surface area contributed by atoms with Crippen molar-refractivity contribution in [3.05, 3.63) is 28.8 Å². The molecule has 2 aliphatic carbocycles. The fourth-order valence-corrected chi connectivity index (χ4v) is 3.17. The van der Waals surface area contributed by atoms with E-state index in [1.165, 1.54) is 6.42 Å². The molecule has 1 aromatic carbocycles. The topological polar surface area (TPSA) is 87.7 Å². The summed E-state index contributed by atoms with van der Waals surface area (Å²) in [6, 6.07) is 4.87. The number of nitrogens with zero attached hydrogens (tertiary/aromatic N) is 1. The highest BCUT2D eigenvalue weighted by molar-refractivity contribution is 6.34. The van der Waals surface area contributed by atoms with Crippen LogP contribution in [-0.2, 0) is 4.79 Å². The van der Waals surface area contributed by atoms with Gasteiger partial charge in [0, 0.05) is 11.5 Å². The lowest BCUT2D eigenvalue weighted by molar-refractivity contribution is -0.120. The SMILES string of the molecule is N/C(=N/O)c1ccc(Cl)c(NC(=O)C2CC3CC3C2)c1. The Morgan fingerprint density at radius 1 is 1.35 bits per heavy atom. The molecule has 0 saturated heterocycles. The number of fused-ring (bicyclic) bond motifs is 1. The van der Waals surface area contributed by atoms with Crippen LogP contribution in [0.4, 0.5) is 5.69 Å². The minimum Gasteiger partial charge on any atom is -0.409 e. The van der Waals surface area contributed by atoms with Crippen LogP contribution in [0.15, 0.2) is 23.4 Å². The average Bonchev–Trinajstić information content (AvgIpc) is 3.06. The molecule has 0 aromatic heterocycles. The summed E-state index contributed by atoms with van der Waals surface area (Å²) in [7, 11) is 0. The monoisotopic (exact) mass is 293 g/mol. The molecule has 1 aromatic rings. The number of nitrogens with one attached hydrogen (secondary N) is 1. The van der Waals surface area contributed by atoms with E-state index in [0.29, 0.717) is 16.3 Å². The molecular formula is C14H16ClN3O2. The van der Waals surface area contributed by atoms with Gasteiger partial charge in [-0.25, -0.2) is 0 Å². The fraction of sp³-hybridized carbons (Fsp3) is 0.429. The number of halogens is 1. The number of amidine groups is 1. The van der Waals surface area contributed by atoms with Crippen molar-refractivity contribution in [2.24, 2.45) is 28.6 Å². The van der Waals surface area contributed by atoms with Gasteiger partial charge in [-0.2, -0.15) is 0 Å². The Hall–Kier alpha value is -1.75. The normalized spacial score (nSPS) is 28.1. The van der Waals surface area contributed by atoms with Gasteiger partial charge in [-0.1, -0.05) is 16.8 Å². The highest BCUT2D eigenvalue weighted by Gasteiger charge is 2.48. The van der Waals surface area contributed by atoms with Gasteiger partial charge in [-0.05, 0) is 49.3 Å². The van der Waals surface area contributed by atoms with E-state index < -0.39 is 0 Å². The number of nitrogens with two attached hydrogens (primary N) is 1. The van der Waals surface area contributed by atoms with Crippen LogP contribution >= 0.6 is 11.6 Å². The first kappa shape index (κ1) is 13.2. The minimum absolute atomic E-state index is 0.00996. The zero-order valence-electron chi connectivity index (χ0n) is 10.8. The van der Waals surface area contributed by atoms with Gasteiger partial charge in [-0.15, -0.1) is 0 Å². The van der Waals surface area contributed by atoms with Crippen molar-refractivity contribution >= 4 is 29.0 Å². The van der Waals surface area contributed by atoms with E-state index in [9.17, 15) is 4.79 Å². The molecule has 2 saturated carbocycles. The first-order valence-corrected chi connectivity index (χ1v) is 7.04. The van der Waals surface area contributed by atoms with E-state index in [1.807, 2.05) is 0 Å². The number of oxime groups is 1. The molecule has 2 aliphatic rings. The second-order valence-corrected chi connectivity index (χ2v) is 6.00. The van der Waals surface area contributed by atoms with E-state index in [0.717, 1.165) is 24.7 Å². The standard InChI is InChI=1S/C14H16ClN3O2/c15-11-2-1-7(13(16)18-20)6-12(11)17-14(19)10-4-8-3-9(8)5-10/h1-2,6,8-10,20H,3-5H2,(H2,16,18)(H,17,19). The number of rotatable bonds is 3. The molecule has 106 valence electrons. The molecule has 0 spiro atoms. The van der Waals surface area contributed by atoms with Gasteiger partial charge in [0.1, 0.15) is 0 Å². The largest absolute Gasteiger partial charge is 0.409 e. The first-order valence-electron chi connectivity index (χ1n) is 6.66. The summed E-state index contributed by atoms with van der Waals surface area (Å²) in [6.45, 7) is 0. The summed E-state index contributed by atoms with van der Waals surface area (Å²) < 4.78 is 0. The summed E-state index contributed by atoms with van der Waals surface area (Å²) in [5.41, 5.74) is 6.55. The molecule has 5 nitrogen and oxygen atoms in total. The summed E-state index contributed by atoms with van der Waals surface area (Å²) >= 11 is 6.07. The molecule has 1 amide bonds. The van der Waals surface area contributed by atoms with Crippen molar-refractivity contribution < 1.29 is 10.0 Å². The molecule has 0 heterocycles. The zero-order valence-corrected chi connectivity index (χ0v) is 11.6. The Morgan fingerprint density at radius 2 is 2.05 bits per heavy atom. The number of hydrogen-bond acceptors (Lipinski definition) is 3. The van der Waals surface area contributed by atoms with Gasteiger partial charge in [0.05, 0.1) is 10.7 Å². The summed E-state index contributed by atoms with van der Waals surface area (Å²) in [6.07, 6.45) is 3.24. The van der Waals surface area contributed by atoms with E-state index >= 15 is 0 Å². The molecule has 4 N–H and O–H groups in total. The van der Waals surface area contributed by atoms with Crippen LogP contribution in [-0.4, -0.2) is 17.0 Å². The maximum atomic E-state index is 12.2. The Labute approximate surface area is 121 Å². The Morgan fingerprint density at radius 3 is 2.70 bits per heavy atom. The van der Waals surface area contributed by atoms with E-state index in [-0.39, 0.29) is 17.7 Å². The molecule has 6 heteroatoms. The number of carbonyl (C=O) groups is 1. The van der Waals surface area contributed by atoms with Crippen molar-refractivity contribution in [2.45, 2.75) is 19.3 Å². The van der Waals surface area contributed by atoms with Crippen LogP contribution in [0.2, 0.25) is 5.02 Å². The van der Waals surface area contributed by atoms with Crippen molar-refractivity contribution in [1.82, 2.24) is 0 Å². The molecule has 2 atom stereocenters. The highest BCUT2D eigenvalue weighted by atomic mass is 35.5. The van der Waals surface area contributed by atoms with Gasteiger partial charge in [0.15, 0.2) is 5.84 Å². The second kappa shape index (κ2) is 4.98. The molecule has 20 heavy (non-hydrogen) atoms. The zero-order chi connectivity index (χ0) is 14.3. The summed E-state index contributed by atoms with van der Waals surface area (Å²) in [5, 5.41) is 14.9. The van der Waals surface area contributed by atoms with Gasteiger partial charge >= 0.3 is 0 Å². The highest BCUT2D eigenvalue weighted by Crippen LogP contribution is 2.54. The van der Waals surface area contributed by atoms with Crippen LogP contribution in [0.5, 0.6) is 0 Å². The average molecular weight is 294 g/mol. The number of benzene rings is 1. The fourth-order valence-electron chi connectivity index (χ4n) is 3.00. The number of amides is 1. The van der Waals surface area contributed by atoms with Gasteiger partial charge < -0.3 is 16.3 Å². The quantitative estimate of drug-likeness (QED) is 0.346. The molecule has 3 rings (SSSR count). The van der Waals surface area contributed by atoms with E-state index in [1.54, 1.807) is 18.2 Å². The molecular weight excluding hydrogens is 278 g/mol. The van der Waals surface area contributed by atoms with Crippen LogP contribution < -0.4 is 11.1 Å². The smallest absolute Gasteiger partial charge is 0.227 e. The lowest BCUT2D eigenvalue weighted by Gasteiger charge is -2.14. The molecule has 2 fully saturated rings. The van der Waals surface area contributed by atoms with Crippen LogP contribution in [0.3, 0.4) is 0 Å². The Balaban J connectivity index is 1.74. The van der Waals surface area contributed by atoms with Crippen LogP contribution in [0, 0.1) is 17.8 Å². The van der Waals surface area contributed by atoms with Crippen molar-refractivity contribution in [2.75, 3.05) is 5.32 Å². The van der Waals surface area contributed by atoms with Crippen molar-refractivity contribution in [3.8, 4) is 0 Å². The molecule has 0 bridgehead atoms. The van der Waals surface area contributed by atoms with Crippen molar-refractivity contribution in [1.29, 1.82) is 0 Å².